The SMILES string of the molecule is C[C@@H](CO[Si](c1ccccc1)(c1ccccc1)C(C)(C)C)C[C@H](C)C[C@H](C)[C@H]1O[C@@H]1CO. The second kappa shape index (κ2) is 10.6. The molecule has 1 heterocycles. The lowest BCUT2D eigenvalue weighted by Crippen LogP contribution is -2.66. The number of rotatable bonds is 11. The van der Waals surface area contributed by atoms with Crippen LogP contribution in [0.5, 0.6) is 0 Å². The molecule has 3 nitrogen and oxygen atoms in total. The Bertz CT molecular complexity index is 778. The van der Waals surface area contributed by atoms with Crippen LogP contribution in [0, 0.1) is 17.8 Å². The van der Waals surface area contributed by atoms with Crippen LogP contribution in [0.3, 0.4) is 0 Å². The molecule has 1 aliphatic heterocycles. The lowest BCUT2D eigenvalue weighted by Gasteiger charge is -2.43. The van der Waals surface area contributed by atoms with Crippen molar-refractivity contribution in [1.29, 1.82) is 0 Å². The van der Waals surface area contributed by atoms with E-state index < -0.39 is 8.32 Å². The molecule has 0 amide bonds. The van der Waals surface area contributed by atoms with Gasteiger partial charge in [0, 0.05) is 6.61 Å². The average molecular weight is 455 g/mol. The summed E-state index contributed by atoms with van der Waals surface area (Å²) in [6.45, 7) is 14.8. The number of aliphatic hydroxyl groups is 1. The van der Waals surface area contributed by atoms with Crippen molar-refractivity contribution in [3.8, 4) is 0 Å². The second-order valence-electron chi connectivity index (χ2n) is 11.0. The zero-order valence-electron chi connectivity index (χ0n) is 20.8. The Balaban J connectivity index is 1.73. The average Bonchev–Trinajstić information content (AvgIpc) is 3.55. The van der Waals surface area contributed by atoms with Gasteiger partial charge in [-0.3, -0.25) is 0 Å². The first kappa shape index (κ1) is 25.2. The Morgan fingerprint density at radius 1 is 0.875 bits per heavy atom. The van der Waals surface area contributed by atoms with Crippen LogP contribution >= 0.6 is 0 Å². The molecule has 0 radical (unpaired) electrons. The smallest absolute Gasteiger partial charge is 0.261 e. The molecule has 1 saturated heterocycles. The number of benzene rings is 2. The highest BCUT2D eigenvalue weighted by molar-refractivity contribution is 6.99. The lowest BCUT2D eigenvalue weighted by atomic mass is 9.88. The standard InChI is InChI=1S/C28H42O3Si/c1-21(18-23(3)27-26(19-29)31-27)17-22(2)20-30-32(28(4,5)6,24-13-9-7-10-14-24)25-15-11-8-12-16-25/h7-16,21-23,26-27,29H,17-20H2,1-6H3/t21-,22+,23-,26+,27+/m0/s1. The summed E-state index contributed by atoms with van der Waals surface area (Å²) in [7, 11) is -2.46. The van der Waals surface area contributed by atoms with Crippen molar-refractivity contribution in [2.75, 3.05) is 13.2 Å². The third-order valence-corrected chi connectivity index (χ3v) is 11.9. The third-order valence-electron chi connectivity index (χ3n) is 6.94. The van der Waals surface area contributed by atoms with E-state index in [4.69, 9.17) is 9.16 Å². The predicted molar refractivity (Wildman–Crippen MR) is 136 cm³/mol. The van der Waals surface area contributed by atoms with E-state index in [1.807, 2.05) is 0 Å². The number of aliphatic hydroxyl groups excluding tert-OH is 1. The fourth-order valence-corrected chi connectivity index (χ4v) is 10.1. The number of hydrogen-bond acceptors (Lipinski definition) is 3. The zero-order valence-corrected chi connectivity index (χ0v) is 21.8. The van der Waals surface area contributed by atoms with Crippen LogP contribution < -0.4 is 10.4 Å². The Kier molecular flexibility index (Phi) is 8.37. The van der Waals surface area contributed by atoms with Crippen LogP contribution in [0.4, 0.5) is 0 Å². The van der Waals surface area contributed by atoms with Gasteiger partial charge in [-0.2, -0.15) is 0 Å². The van der Waals surface area contributed by atoms with Gasteiger partial charge in [-0.15, -0.1) is 0 Å². The fraction of sp³-hybridized carbons (Fsp3) is 0.571. The van der Waals surface area contributed by atoms with E-state index in [1.165, 1.54) is 10.4 Å². The van der Waals surface area contributed by atoms with Gasteiger partial charge in [-0.1, -0.05) is 102 Å². The van der Waals surface area contributed by atoms with Gasteiger partial charge in [0.05, 0.1) is 12.7 Å². The maximum Gasteiger partial charge on any atom is 0.261 e. The van der Waals surface area contributed by atoms with Gasteiger partial charge in [0.25, 0.3) is 8.32 Å². The summed E-state index contributed by atoms with van der Waals surface area (Å²) in [6, 6.07) is 21.8. The van der Waals surface area contributed by atoms with Crippen LogP contribution in [0.1, 0.15) is 54.4 Å². The van der Waals surface area contributed by atoms with Crippen LogP contribution in [0.25, 0.3) is 0 Å². The van der Waals surface area contributed by atoms with Crippen molar-refractivity contribution < 1.29 is 14.3 Å². The molecule has 32 heavy (non-hydrogen) atoms. The summed E-state index contributed by atoms with van der Waals surface area (Å²) < 4.78 is 12.7. The molecule has 1 aliphatic rings. The van der Waals surface area contributed by atoms with Crippen molar-refractivity contribution >= 4 is 18.7 Å². The van der Waals surface area contributed by atoms with Gasteiger partial charge in [-0.05, 0) is 46.0 Å². The van der Waals surface area contributed by atoms with Gasteiger partial charge in [0.2, 0.25) is 0 Å². The third kappa shape index (κ3) is 5.71. The van der Waals surface area contributed by atoms with Crippen LogP contribution in [-0.4, -0.2) is 38.8 Å². The predicted octanol–water partition coefficient (Wildman–Crippen LogP) is 5.01. The molecule has 2 aromatic carbocycles. The fourth-order valence-electron chi connectivity index (χ4n) is 5.45. The Morgan fingerprint density at radius 2 is 1.41 bits per heavy atom. The molecular formula is C28H42O3Si. The molecule has 3 rings (SSSR count). The van der Waals surface area contributed by atoms with Gasteiger partial charge >= 0.3 is 0 Å². The Labute approximate surface area is 196 Å². The second-order valence-corrected chi connectivity index (χ2v) is 15.3. The van der Waals surface area contributed by atoms with Crippen LogP contribution in [0.15, 0.2) is 60.7 Å². The van der Waals surface area contributed by atoms with E-state index in [9.17, 15) is 5.11 Å². The van der Waals surface area contributed by atoms with Crippen molar-refractivity contribution in [3.05, 3.63) is 60.7 Å². The van der Waals surface area contributed by atoms with E-state index in [2.05, 4.69) is 102 Å². The molecule has 0 saturated carbocycles. The molecule has 2 aromatic rings. The molecule has 0 bridgehead atoms. The molecule has 1 fully saturated rings. The summed E-state index contributed by atoms with van der Waals surface area (Å²) in [5, 5.41) is 12.0. The summed E-state index contributed by atoms with van der Waals surface area (Å²) in [5.74, 6) is 1.57. The summed E-state index contributed by atoms with van der Waals surface area (Å²) in [6.07, 6.45) is 2.57. The van der Waals surface area contributed by atoms with Crippen molar-refractivity contribution in [2.24, 2.45) is 17.8 Å². The summed E-state index contributed by atoms with van der Waals surface area (Å²) in [5.41, 5.74) is 0. The Hall–Kier alpha value is -1.46. The minimum Gasteiger partial charge on any atom is -0.407 e. The minimum atomic E-state index is -2.46. The maximum absolute atomic E-state index is 9.27. The van der Waals surface area contributed by atoms with Gasteiger partial charge in [0.1, 0.15) is 6.10 Å². The molecule has 0 spiro atoms. The molecule has 176 valence electrons. The first-order chi connectivity index (χ1) is 15.2. The van der Waals surface area contributed by atoms with Gasteiger partial charge in [-0.25, -0.2) is 0 Å². The zero-order chi connectivity index (χ0) is 23.4. The maximum atomic E-state index is 9.27. The molecule has 4 heteroatoms. The first-order valence-electron chi connectivity index (χ1n) is 12.2. The van der Waals surface area contributed by atoms with Crippen LogP contribution in [0.2, 0.25) is 5.04 Å². The highest BCUT2D eigenvalue weighted by Gasteiger charge is 2.50. The van der Waals surface area contributed by atoms with Gasteiger partial charge in [0.15, 0.2) is 0 Å². The highest BCUT2D eigenvalue weighted by atomic mass is 28.4. The van der Waals surface area contributed by atoms with E-state index in [0.29, 0.717) is 17.8 Å². The number of ether oxygens (including phenoxy) is 1. The molecule has 0 aliphatic carbocycles. The lowest BCUT2D eigenvalue weighted by molar-refractivity contribution is 0.209. The van der Waals surface area contributed by atoms with E-state index in [-0.39, 0.29) is 23.9 Å². The number of epoxide rings is 1. The Morgan fingerprint density at radius 3 is 1.84 bits per heavy atom. The topological polar surface area (TPSA) is 42.0 Å². The monoisotopic (exact) mass is 454 g/mol. The minimum absolute atomic E-state index is 0.0121. The largest absolute Gasteiger partial charge is 0.407 e. The molecule has 1 N–H and O–H groups in total. The van der Waals surface area contributed by atoms with E-state index in [0.717, 1.165) is 19.4 Å². The summed E-state index contributed by atoms with van der Waals surface area (Å²) >= 11 is 0. The molecule has 0 unspecified atom stereocenters. The van der Waals surface area contributed by atoms with E-state index >= 15 is 0 Å². The van der Waals surface area contributed by atoms with Crippen LogP contribution in [-0.2, 0) is 9.16 Å². The summed E-state index contributed by atoms with van der Waals surface area (Å²) in [4.78, 5) is 0. The highest BCUT2D eigenvalue weighted by Crippen LogP contribution is 2.38. The van der Waals surface area contributed by atoms with Crippen molar-refractivity contribution in [3.63, 3.8) is 0 Å². The van der Waals surface area contributed by atoms with Crippen molar-refractivity contribution in [1.82, 2.24) is 0 Å². The molecular weight excluding hydrogens is 412 g/mol. The van der Waals surface area contributed by atoms with Crippen molar-refractivity contribution in [2.45, 2.75) is 71.6 Å². The molecule has 5 atom stereocenters. The van der Waals surface area contributed by atoms with Gasteiger partial charge < -0.3 is 14.3 Å². The van der Waals surface area contributed by atoms with E-state index in [1.54, 1.807) is 0 Å². The molecule has 0 aromatic heterocycles. The normalized spacial score (nSPS) is 21.7. The quantitative estimate of drug-likeness (QED) is 0.383. The number of hydrogen-bond donors (Lipinski definition) is 1. The first-order valence-corrected chi connectivity index (χ1v) is 14.1.